The van der Waals surface area contributed by atoms with Gasteiger partial charge < -0.3 is 0 Å². The van der Waals surface area contributed by atoms with Crippen LogP contribution in [0.1, 0.15) is 33.1 Å². The molecule has 0 spiro atoms. The molecule has 0 aromatic rings. The van der Waals surface area contributed by atoms with E-state index in [9.17, 15) is 14.0 Å². The van der Waals surface area contributed by atoms with Crippen molar-refractivity contribution >= 4 is 11.6 Å². The maximum atomic E-state index is 14.9. The average Bonchev–Trinajstić information content (AvgIpc) is 2.73. The highest BCUT2D eigenvalue weighted by Gasteiger charge is 2.58. The second-order valence-electron chi connectivity index (χ2n) is 7.87. The molecule has 4 rings (SSSR count). The van der Waals surface area contributed by atoms with Gasteiger partial charge >= 0.3 is 0 Å². The Morgan fingerprint density at radius 1 is 1.26 bits per heavy atom. The van der Waals surface area contributed by atoms with Gasteiger partial charge in [-0.25, -0.2) is 4.39 Å². The average molecular weight is 312 g/mol. The predicted molar refractivity (Wildman–Crippen MR) is 86.4 cm³/mol. The minimum absolute atomic E-state index is 0.0481. The fourth-order valence-electron chi connectivity index (χ4n) is 5.29. The number of fused-ring (bicyclic) bond motifs is 5. The third-order valence-corrected chi connectivity index (χ3v) is 6.63. The molecule has 2 nitrogen and oxygen atoms in total. The summed E-state index contributed by atoms with van der Waals surface area (Å²) in [5.74, 6) is 0.190. The lowest BCUT2D eigenvalue weighted by Gasteiger charge is -2.51. The summed E-state index contributed by atoms with van der Waals surface area (Å²) >= 11 is 0. The molecule has 0 aromatic heterocycles. The number of Topliss-reactive ketones (excluding diaryl/α,β-unsaturated/α-hetero) is 1. The zero-order valence-corrected chi connectivity index (χ0v) is 13.6. The minimum Gasteiger partial charge on any atom is -0.294 e. The van der Waals surface area contributed by atoms with Gasteiger partial charge in [-0.2, -0.15) is 0 Å². The number of ketones is 2. The molecule has 0 unspecified atom stereocenters. The van der Waals surface area contributed by atoms with Gasteiger partial charge in [0.15, 0.2) is 11.6 Å². The van der Waals surface area contributed by atoms with Crippen molar-refractivity contribution in [2.75, 3.05) is 0 Å². The molecule has 0 amide bonds. The fourth-order valence-corrected chi connectivity index (χ4v) is 5.29. The fraction of sp³-hybridized carbons (Fsp3) is 0.500. The number of halogens is 1. The summed E-state index contributed by atoms with van der Waals surface area (Å²) in [6, 6.07) is 0. The third-order valence-electron chi connectivity index (χ3n) is 6.63. The zero-order valence-electron chi connectivity index (χ0n) is 13.6. The topological polar surface area (TPSA) is 34.1 Å². The maximum Gasteiger partial charge on any atom is 0.178 e. The van der Waals surface area contributed by atoms with Gasteiger partial charge in [-0.15, -0.1) is 0 Å². The van der Waals surface area contributed by atoms with Gasteiger partial charge in [-0.05, 0) is 61.3 Å². The summed E-state index contributed by atoms with van der Waals surface area (Å²) < 4.78 is 14.9. The molecule has 5 atom stereocenters. The molecule has 2 saturated carbocycles. The standard InChI is InChI=1S/C20H21FO2/c1-11-8-15-13-10-17(21)16-9-12(22)4-6-19(16,2)14(13)5-7-20(15,3)18(11)23/h4-6,9,13,15,17H,1,7-8,10H2,2-3H3/t13-,15+,17+,19-,20+/m1/s1. The van der Waals surface area contributed by atoms with E-state index in [1.807, 2.05) is 19.9 Å². The summed E-state index contributed by atoms with van der Waals surface area (Å²) in [5.41, 5.74) is 1.50. The van der Waals surface area contributed by atoms with E-state index >= 15 is 0 Å². The molecule has 0 saturated heterocycles. The summed E-state index contributed by atoms with van der Waals surface area (Å²) in [7, 11) is 0. The van der Waals surface area contributed by atoms with Crippen molar-refractivity contribution < 1.29 is 14.0 Å². The molecule has 0 aliphatic heterocycles. The van der Waals surface area contributed by atoms with E-state index in [1.54, 1.807) is 6.08 Å². The summed E-state index contributed by atoms with van der Waals surface area (Å²) in [6.45, 7) is 7.94. The molecule has 4 aliphatic carbocycles. The van der Waals surface area contributed by atoms with Crippen molar-refractivity contribution in [2.24, 2.45) is 22.7 Å². The Balaban J connectivity index is 1.84. The number of carbonyl (C=O) groups is 2. The molecule has 120 valence electrons. The number of alkyl halides is 1. The molecule has 0 heterocycles. The SMILES string of the molecule is C=C1C[C@H]2[C@@H]3C[C@H](F)C4=CC(=O)C=C[C@]4(C)C3=CC[C@]2(C)C1=O. The first-order chi connectivity index (χ1) is 10.8. The van der Waals surface area contributed by atoms with E-state index in [2.05, 4.69) is 12.7 Å². The van der Waals surface area contributed by atoms with E-state index in [4.69, 9.17) is 0 Å². The van der Waals surface area contributed by atoms with Crippen LogP contribution in [0, 0.1) is 22.7 Å². The normalized spacial score (nSPS) is 45.2. The van der Waals surface area contributed by atoms with Gasteiger partial charge in [0.1, 0.15) is 6.17 Å². The minimum atomic E-state index is -1.12. The van der Waals surface area contributed by atoms with Crippen LogP contribution in [-0.4, -0.2) is 17.7 Å². The van der Waals surface area contributed by atoms with Crippen LogP contribution in [0.4, 0.5) is 4.39 Å². The predicted octanol–water partition coefficient (Wildman–Crippen LogP) is 3.90. The lowest BCUT2D eigenvalue weighted by atomic mass is 9.53. The highest BCUT2D eigenvalue weighted by atomic mass is 19.1. The van der Waals surface area contributed by atoms with Crippen LogP contribution in [0.3, 0.4) is 0 Å². The number of carbonyl (C=O) groups excluding carboxylic acids is 2. The Labute approximate surface area is 135 Å². The Morgan fingerprint density at radius 2 is 2.00 bits per heavy atom. The van der Waals surface area contributed by atoms with Crippen molar-refractivity contribution in [1.82, 2.24) is 0 Å². The van der Waals surface area contributed by atoms with Crippen molar-refractivity contribution in [1.29, 1.82) is 0 Å². The van der Waals surface area contributed by atoms with Crippen LogP contribution in [0.5, 0.6) is 0 Å². The quantitative estimate of drug-likeness (QED) is 0.502. The van der Waals surface area contributed by atoms with Crippen LogP contribution >= 0.6 is 0 Å². The van der Waals surface area contributed by atoms with E-state index in [0.29, 0.717) is 30.4 Å². The van der Waals surface area contributed by atoms with Gasteiger partial charge in [-0.3, -0.25) is 9.59 Å². The molecule has 0 N–H and O–H groups in total. The monoisotopic (exact) mass is 312 g/mol. The smallest absolute Gasteiger partial charge is 0.178 e. The first-order valence-electron chi connectivity index (χ1n) is 8.30. The Kier molecular flexibility index (Phi) is 2.83. The van der Waals surface area contributed by atoms with E-state index in [0.717, 1.165) is 0 Å². The van der Waals surface area contributed by atoms with Crippen LogP contribution in [0.15, 0.2) is 47.6 Å². The highest BCUT2D eigenvalue weighted by molar-refractivity contribution is 6.03. The molecule has 2 fully saturated rings. The Bertz CT molecular complexity index is 741. The second kappa shape index (κ2) is 4.40. The maximum absolute atomic E-state index is 14.9. The molecule has 0 bridgehead atoms. The van der Waals surface area contributed by atoms with Gasteiger partial charge in [0.2, 0.25) is 0 Å². The number of hydrogen-bond donors (Lipinski definition) is 0. The van der Waals surface area contributed by atoms with Gasteiger partial charge in [-0.1, -0.05) is 31.2 Å². The molecule has 3 heteroatoms. The first kappa shape index (κ1) is 14.8. The molecular formula is C20H21FO2. The molecule has 23 heavy (non-hydrogen) atoms. The second-order valence-corrected chi connectivity index (χ2v) is 7.87. The van der Waals surface area contributed by atoms with Crippen molar-refractivity contribution in [3.63, 3.8) is 0 Å². The molecule has 4 aliphatic rings. The lowest BCUT2D eigenvalue weighted by Crippen LogP contribution is -2.46. The van der Waals surface area contributed by atoms with Crippen LogP contribution < -0.4 is 0 Å². The summed E-state index contributed by atoms with van der Waals surface area (Å²) in [5, 5.41) is 0. The van der Waals surface area contributed by atoms with Crippen LogP contribution in [0.2, 0.25) is 0 Å². The summed E-state index contributed by atoms with van der Waals surface area (Å²) in [6.07, 6.45) is 7.60. The van der Waals surface area contributed by atoms with Crippen molar-refractivity contribution in [2.45, 2.75) is 39.3 Å². The number of hydrogen-bond acceptors (Lipinski definition) is 2. The van der Waals surface area contributed by atoms with Crippen molar-refractivity contribution in [3.8, 4) is 0 Å². The van der Waals surface area contributed by atoms with Crippen LogP contribution in [-0.2, 0) is 9.59 Å². The molecule has 0 aromatic carbocycles. The van der Waals surface area contributed by atoms with E-state index in [-0.39, 0.29) is 23.4 Å². The Hall–Kier alpha value is -1.77. The number of rotatable bonds is 0. The lowest BCUT2D eigenvalue weighted by molar-refractivity contribution is -0.124. The highest BCUT2D eigenvalue weighted by Crippen LogP contribution is 2.62. The number of allylic oxidation sites excluding steroid dienone is 7. The summed E-state index contributed by atoms with van der Waals surface area (Å²) in [4.78, 5) is 24.2. The van der Waals surface area contributed by atoms with Crippen LogP contribution in [0.25, 0.3) is 0 Å². The van der Waals surface area contributed by atoms with Gasteiger partial charge in [0.25, 0.3) is 0 Å². The van der Waals surface area contributed by atoms with Gasteiger partial charge in [0, 0.05) is 10.8 Å². The first-order valence-corrected chi connectivity index (χ1v) is 8.30. The zero-order chi connectivity index (χ0) is 16.6. The Morgan fingerprint density at radius 3 is 2.74 bits per heavy atom. The molecular weight excluding hydrogens is 291 g/mol. The van der Waals surface area contributed by atoms with E-state index in [1.165, 1.54) is 11.6 Å². The van der Waals surface area contributed by atoms with E-state index < -0.39 is 17.0 Å². The third kappa shape index (κ3) is 1.74. The van der Waals surface area contributed by atoms with Crippen molar-refractivity contribution in [3.05, 3.63) is 47.6 Å². The van der Waals surface area contributed by atoms with Gasteiger partial charge in [0.05, 0.1) is 0 Å². The molecule has 0 radical (unpaired) electrons. The largest absolute Gasteiger partial charge is 0.294 e.